The Balaban J connectivity index is 1.90. The van der Waals surface area contributed by atoms with Gasteiger partial charge in [-0.15, -0.1) is 0 Å². The molecule has 0 radical (unpaired) electrons. The summed E-state index contributed by atoms with van der Waals surface area (Å²) < 4.78 is 7.61. The number of rotatable bonds is 3. The zero-order valence-electron chi connectivity index (χ0n) is 12.9. The molecule has 0 aliphatic heterocycles. The molecule has 24 heavy (non-hydrogen) atoms. The van der Waals surface area contributed by atoms with Crippen LogP contribution in [0, 0.1) is 0 Å². The van der Waals surface area contributed by atoms with Crippen LogP contribution in [-0.2, 0) is 0 Å². The van der Waals surface area contributed by atoms with Crippen LogP contribution in [0.15, 0.2) is 47.3 Å². The second kappa shape index (κ2) is 5.65. The maximum atomic E-state index is 12.7. The molecule has 0 bridgehead atoms. The number of para-hydroxylation sites is 2. The normalized spacial score (nSPS) is 12.3. The third-order valence-electron chi connectivity index (χ3n) is 3.73. The molecule has 0 unspecified atom stereocenters. The zero-order valence-corrected chi connectivity index (χ0v) is 13.7. The van der Waals surface area contributed by atoms with Gasteiger partial charge in [0.15, 0.2) is 16.5 Å². The minimum Gasteiger partial charge on any atom is -0.504 e. The molecule has 4 aromatic rings. The molecule has 0 aliphatic carbocycles. The fourth-order valence-corrected chi connectivity index (χ4v) is 3.64. The fourth-order valence-electron chi connectivity index (χ4n) is 2.65. The van der Waals surface area contributed by atoms with E-state index in [9.17, 15) is 9.90 Å². The van der Waals surface area contributed by atoms with E-state index in [0.717, 1.165) is 16.6 Å². The molecule has 120 valence electrons. The van der Waals surface area contributed by atoms with Crippen LogP contribution in [0.2, 0.25) is 0 Å². The molecule has 0 atom stereocenters. The quantitative estimate of drug-likeness (QED) is 0.623. The van der Waals surface area contributed by atoms with Gasteiger partial charge in [-0.05, 0) is 42.8 Å². The van der Waals surface area contributed by atoms with E-state index >= 15 is 0 Å². The molecule has 2 heterocycles. The third kappa shape index (κ3) is 2.32. The summed E-state index contributed by atoms with van der Waals surface area (Å²) in [5, 5.41) is 9.77. The second-order valence-corrected chi connectivity index (χ2v) is 6.30. The van der Waals surface area contributed by atoms with Crippen molar-refractivity contribution in [2.75, 3.05) is 6.61 Å². The smallest absolute Gasteiger partial charge is 0.274 e. The Morgan fingerprint density at radius 3 is 2.96 bits per heavy atom. The van der Waals surface area contributed by atoms with Crippen molar-refractivity contribution in [3.05, 3.63) is 62.9 Å². The summed E-state index contributed by atoms with van der Waals surface area (Å²) in [4.78, 5) is 17.9. The summed E-state index contributed by atoms with van der Waals surface area (Å²) in [7, 11) is 0. The molecule has 2 aromatic carbocycles. The van der Waals surface area contributed by atoms with Crippen molar-refractivity contribution >= 4 is 33.4 Å². The van der Waals surface area contributed by atoms with Crippen LogP contribution in [0.3, 0.4) is 0 Å². The Kier molecular flexibility index (Phi) is 3.46. The Morgan fingerprint density at radius 2 is 2.12 bits per heavy atom. The summed E-state index contributed by atoms with van der Waals surface area (Å²) in [5.41, 5.74) is 2.33. The number of ether oxygens (including phenoxy) is 1. The van der Waals surface area contributed by atoms with Crippen molar-refractivity contribution in [3.63, 3.8) is 0 Å². The number of benzene rings is 2. The van der Waals surface area contributed by atoms with Gasteiger partial charge in [0.2, 0.25) is 0 Å². The van der Waals surface area contributed by atoms with E-state index in [0.29, 0.717) is 21.8 Å². The van der Waals surface area contributed by atoms with E-state index in [1.807, 2.05) is 31.2 Å². The van der Waals surface area contributed by atoms with Crippen LogP contribution >= 0.6 is 11.3 Å². The molecule has 0 aliphatic rings. The summed E-state index contributed by atoms with van der Waals surface area (Å²) in [6.07, 6.45) is 1.79. The summed E-state index contributed by atoms with van der Waals surface area (Å²) in [5.74, 6) is 0.494. The number of hydrogen-bond acceptors (Lipinski definition) is 5. The van der Waals surface area contributed by atoms with E-state index in [2.05, 4.69) is 4.98 Å². The fraction of sp³-hybridized carbons (Fsp3) is 0.111. The van der Waals surface area contributed by atoms with Gasteiger partial charge < -0.3 is 9.84 Å². The number of hydrogen-bond donors (Lipinski definition) is 1. The number of imidazole rings is 1. The summed E-state index contributed by atoms with van der Waals surface area (Å²) in [6, 6.07) is 12.6. The minimum absolute atomic E-state index is 0.0864. The highest BCUT2D eigenvalue weighted by Gasteiger charge is 2.10. The number of phenolic OH excluding ortho intramolecular Hbond substituents is 1. The number of fused-ring (bicyclic) bond motifs is 3. The standard InChI is InChI=1S/C18H14N2O3S/c1-2-23-15-9-11(7-8-14(15)21)10-16-17(22)20-13-6-4-3-5-12(13)19-18(20)24-16/h3-10,21H,2H2,1H3. The van der Waals surface area contributed by atoms with Gasteiger partial charge in [-0.1, -0.05) is 29.5 Å². The SMILES string of the molecule is CCOc1cc(C=c2sc3nc4ccccc4n3c2=O)ccc1O. The average molecular weight is 338 g/mol. The highest BCUT2D eigenvalue weighted by molar-refractivity contribution is 7.15. The molecular weight excluding hydrogens is 324 g/mol. The lowest BCUT2D eigenvalue weighted by molar-refractivity contribution is 0.318. The van der Waals surface area contributed by atoms with Crippen molar-refractivity contribution < 1.29 is 9.84 Å². The van der Waals surface area contributed by atoms with Gasteiger partial charge in [-0.25, -0.2) is 9.38 Å². The van der Waals surface area contributed by atoms with Gasteiger partial charge in [-0.2, -0.15) is 0 Å². The lowest BCUT2D eigenvalue weighted by Crippen LogP contribution is -2.22. The maximum absolute atomic E-state index is 12.7. The predicted octanol–water partition coefficient (Wildman–Crippen LogP) is 2.56. The predicted molar refractivity (Wildman–Crippen MR) is 94.9 cm³/mol. The van der Waals surface area contributed by atoms with E-state index in [1.165, 1.54) is 11.3 Å². The number of thiazole rings is 1. The van der Waals surface area contributed by atoms with Gasteiger partial charge in [0.05, 0.1) is 22.2 Å². The third-order valence-corrected chi connectivity index (χ3v) is 4.70. The summed E-state index contributed by atoms with van der Waals surface area (Å²) >= 11 is 1.35. The van der Waals surface area contributed by atoms with Gasteiger partial charge in [0.25, 0.3) is 5.56 Å². The number of aromatic hydroxyl groups is 1. The van der Waals surface area contributed by atoms with Crippen molar-refractivity contribution in [2.24, 2.45) is 0 Å². The lowest BCUT2D eigenvalue weighted by atomic mass is 10.2. The molecule has 5 nitrogen and oxygen atoms in total. The molecule has 0 spiro atoms. The number of phenols is 1. The highest BCUT2D eigenvalue weighted by atomic mass is 32.1. The van der Waals surface area contributed by atoms with Gasteiger partial charge in [-0.3, -0.25) is 4.79 Å². The van der Waals surface area contributed by atoms with Crippen LogP contribution in [0.5, 0.6) is 11.5 Å². The first-order valence-electron chi connectivity index (χ1n) is 7.55. The lowest BCUT2D eigenvalue weighted by Gasteiger charge is -2.05. The Labute approximate surface area is 141 Å². The van der Waals surface area contributed by atoms with Crippen molar-refractivity contribution in [1.82, 2.24) is 9.38 Å². The first kappa shape index (κ1) is 14.7. The van der Waals surface area contributed by atoms with Crippen molar-refractivity contribution in [3.8, 4) is 11.5 Å². The molecule has 0 amide bonds. The van der Waals surface area contributed by atoms with Gasteiger partial charge in [0.1, 0.15) is 0 Å². The molecule has 0 saturated heterocycles. The van der Waals surface area contributed by atoms with E-state index in [-0.39, 0.29) is 11.3 Å². The Bertz CT molecular complexity index is 1160. The molecule has 6 heteroatoms. The first-order valence-corrected chi connectivity index (χ1v) is 8.36. The Hall–Kier alpha value is -2.86. The molecule has 1 N–H and O–H groups in total. The van der Waals surface area contributed by atoms with Crippen molar-refractivity contribution in [1.29, 1.82) is 0 Å². The minimum atomic E-state index is -0.0882. The van der Waals surface area contributed by atoms with E-state index < -0.39 is 0 Å². The molecule has 2 aromatic heterocycles. The van der Waals surface area contributed by atoms with E-state index in [1.54, 1.807) is 28.7 Å². The second-order valence-electron chi connectivity index (χ2n) is 5.29. The van der Waals surface area contributed by atoms with E-state index in [4.69, 9.17) is 4.74 Å². The van der Waals surface area contributed by atoms with Crippen LogP contribution < -0.4 is 14.8 Å². The average Bonchev–Trinajstić information content (AvgIpc) is 3.08. The number of nitrogens with zero attached hydrogens (tertiary/aromatic N) is 2. The molecule has 0 fully saturated rings. The topological polar surface area (TPSA) is 63.8 Å². The van der Waals surface area contributed by atoms with Gasteiger partial charge >= 0.3 is 0 Å². The maximum Gasteiger partial charge on any atom is 0.274 e. The van der Waals surface area contributed by atoms with Crippen LogP contribution in [0.1, 0.15) is 12.5 Å². The molecular formula is C18H14N2O3S. The zero-order chi connectivity index (χ0) is 16.7. The van der Waals surface area contributed by atoms with Crippen molar-refractivity contribution in [2.45, 2.75) is 6.92 Å². The summed E-state index contributed by atoms with van der Waals surface area (Å²) in [6.45, 7) is 2.31. The van der Waals surface area contributed by atoms with Crippen LogP contribution in [-0.4, -0.2) is 21.1 Å². The molecule has 4 rings (SSSR count). The van der Waals surface area contributed by atoms with Crippen LogP contribution in [0.4, 0.5) is 0 Å². The van der Waals surface area contributed by atoms with Gasteiger partial charge in [0, 0.05) is 0 Å². The van der Waals surface area contributed by atoms with Crippen LogP contribution in [0.25, 0.3) is 22.1 Å². The number of aromatic nitrogens is 2. The highest BCUT2D eigenvalue weighted by Crippen LogP contribution is 2.27. The molecule has 0 saturated carbocycles. The monoisotopic (exact) mass is 338 g/mol. The Morgan fingerprint density at radius 1 is 1.29 bits per heavy atom. The first-order chi connectivity index (χ1) is 11.7. The largest absolute Gasteiger partial charge is 0.504 e.